The van der Waals surface area contributed by atoms with Crippen LogP contribution >= 0.6 is 31.9 Å². The Labute approximate surface area is 142 Å². The van der Waals surface area contributed by atoms with E-state index < -0.39 is 0 Å². The van der Waals surface area contributed by atoms with E-state index in [0.717, 1.165) is 32.5 Å². The molecule has 1 aromatic carbocycles. The summed E-state index contributed by atoms with van der Waals surface area (Å²) in [6, 6.07) is 10.4. The van der Waals surface area contributed by atoms with Crippen molar-refractivity contribution in [2.75, 3.05) is 0 Å². The van der Waals surface area contributed by atoms with Gasteiger partial charge in [0, 0.05) is 33.3 Å². The molecule has 2 aromatic rings. The zero-order valence-corrected chi connectivity index (χ0v) is 15.2. The monoisotopic (exact) mass is 412 g/mol. The smallest absolute Gasteiger partial charge is 0.130 e. The number of ether oxygens (including phenoxy) is 1. The standard InChI is InChI=1S/C16H18Br2N2O/c1-11(2)19-8-12-7-13(17)4-6-16(12)21-10-15-5-3-14(18)9-20-15/h3-7,9,11,19H,8,10H2,1-2H3. The van der Waals surface area contributed by atoms with Gasteiger partial charge in [-0.15, -0.1) is 0 Å². The summed E-state index contributed by atoms with van der Waals surface area (Å²) in [5.74, 6) is 0.885. The summed E-state index contributed by atoms with van der Waals surface area (Å²) in [7, 11) is 0. The van der Waals surface area contributed by atoms with Crippen molar-refractivity contribution < 1.29 is 4.74 Å². The molecule has 0 unspecified atom stereocenters. The molecule has 0 aliphatic carbocycles. The van der Waals surface area contributed by atoms with Gasteiger partial charge in [-0.05, 0) is 46.3 Å². The lowest BCUT2D eigenvalue weighted by Gasteiger charge is -2.14. The third-order valence-electron chi connectivity index (χ3n) is 2.89. The van der Waals surface area contributed by atoms with Crippen molar-refractivity contribution in [1.29, 1.82) is 0 Å². The summed E-state index contributed by atoms with van der Waals surface area (Å²) in [5, 5.41) is 3.41. The molecule has 0 atom stereocenters. The molecular weight excluding hydrogens is 396 g/mol. The van der Waals surface area contributed by atoms with Gasteiger partial charge in [-0.1, -0.05) is 29.8 Å². The minimum Gasteiger partial charge on any atom is -0.487 e. The highest BCUT2D eigenvalue weighted by Crippen LogP contribution is 2.24. The van der Waals surface area contributed by atoms with Crippen LogP contribution in [0.1, 0.15) is 25.1 Å². The number of pyridine rings is 1. The van der Waals surface area contributed by atoms with E-state index in [-0.39, 0.29) is 0 Å². The number of benzene rings is 1. The van der Waals surface area contributed by atoms with Crippen LogP contribution < -0.4 is 10.1 Å². The summed E-state index contributed by atoms with van der Waals surface area (Å²) in [6.07, 6.45) is 1.78. The zero-order chi connectivity index (χ0) is 15.2. The van der Waals surface area contributed by atoms with E-state index in [1.807, 2.05) is 24.3 Å². The Hall–Kier alpha value is -0.910. The maximum atomic E-state index is 5.91. The van der Waals surface area contributed by atoms with Gasteiger partial charge in [0.15, 0.2) is 0 Å². The van der Waals surface area contributed by atoms with Gasteiger partial charge in [0.1, 0.15) is 12.4 Å². The first-order valence-corrected chi connectivity index (χ1v) is 8.38. The predicted octanol–water partition coefficient (Wildman–Crippen LogP) is 4.68. The summed E-state index contributed by atoms with van der Waals surface area (Å²) < 4.78 is 7.93. The van der Waals surface area contributed by atoms with Crippen LogP contribution in [0.4, 0.5) is 0 Å². The van der Waals surface area contributed by atoms with Gasteiger partial charge in [0.2, 0.25) is 0 Å². The molecule has 0 aliphatic heterocycles. The number of nitrogens with one attached hydrogen (secondary N) is 1. The van der Waals surface area contributed by atoms with Gasteiger partial charge < -0.3 is 10.1 Å². The van der Waals surface area contributed by atoms with Crippen molar-refractivity contribution in [2.45, 2.75) is 33.0 Å². The van der Waals surface area contributed by atoms with Gasteiger partial charge in [-0.3, -0.25) is 4.98 Å². The zero-order valence-electron chi connectivity index (χ0n) is 12.1. The number of halogens is 2. The first-order valence-electron chi connectivity index (χ1n) is 6.79. The lowest BCUT2D eigenvalue weighted by Crippen LogP contribution is -2.22. The fourth-order valence-electron chi connectivity index (χ4n) is 1.78. The molecular formula is C16H18Br2N2O. The summed E-state index contributed by atoms with van der Waals surface area (Å²) >= 11 is 6.88. The summed E-state index contributed by atoms with van der Waals surface area (Å²) in [5.41, 5.74) is 2.04. The number of hydrogen-bond donors (Lipinski definition) is 1. The Morgan fingerprint density at radius 3 is 2.57 bits per heavy atom. The Morgan fingerprint density at radius 1 is 1.14 bits per heavy atom. The van der Waals surface area contributed by atoms with Crippen LogP contribution in [0.3, 0.4) is 0 Å². The van der Waals surface area contributed by atoms with Crippen LogP contribution in [-0.4, -0.2) is 11.0 Å². The third kappa shape index (κ3) is 5.41. The van der Waals surface area contributed by atoms with Crippen molar-refractivity contribution in [1.82, 2.24) is 10.3 Å². The van der Waals surface area contributed by atoms with E-state index in [1.165, 1.54) is 0 Å². The van der Waals surface area contributed by atoms with Crippen molar-refractivity contribution in [3.63, 3.8) is 0 Å². The van der Waals surface area contributed by atoms with Crippen LogP contribution in [0.2, 0.25) is 0 Å². The van der Waals surface area contributed by atoms with Crippen LogP contribution in [0.15, 0.2) is 45.5 Å². The molecule has 1 N–H and O–H groups in total. The molecule has 0 aliphatic rings. The molecule has 5 heteroatoms. The van der Waals surface area contributed by atoms with Crippen molar-refractivity contribution >= 4 is 31.9 Å². The van der Waals surface area contributed by atoms with E-state index in [0.29, 0.717) is 12.6 Å². The summed E-state index contributed by atoms with van der Waals surface area (Å²) in [6.45, 7) is 5.50. The number of nitrogens with zero attached hydrogens (tertiary/aromatic N) is 1. The van der Waals surface area contributed by atoms with E-state index in [9.17, 15) is 0 Å². The molecule has 2 rings (SSSR count). The van der Waals surface area contributed by atoms with Gasteiger partial charge in [0.25, 0.3) is 0 Å². The number of rotatable bonds is 6. The summed E-state index contributed by atoms with van der Waals surface area (Å²) in [4.78, 5) is 4.32. The molecule has 3 nitrogen and oxygen atoms in total. The molecule has 0 fully saturated rings. The number of aromatic nitrogens is 1. The highest BCUT2D eigenvalue weighted by molar-refractivity contribution is 9.10. The fraction of sp³-hybridized carbons (Fsp3) is 0.312. The first-order chi connectivity index (χ1) is 10.0. The highest BCUT2D eigenvalue weighted by Gasteiger charge is 2.06. The van der Waals surface area contributed by atoms with Gasteiger partial charge in [-0.25, -0.2) is 0 Å². The average molecular weight is 414 g/mol. The Morgan fingerprint density at radius 2 is 1.90 bits per heavy atom. The molecule has 0 spiro atoms. The largest absolute Gasteiger partial charge is 0.487 e. The van der Waals surface area contributed by atoms with Gasteiger partial charge >= 0.3 is 0 Å². The second kappa shape index (κ2) is 7.92. The van der Waals surface area contributed by atoms with Crippen molar-refractivity contribution in [3.05, 3.63) is 56.7 Å². The topological polar surface area (TPSA) is 34.1 Å². The van der Waals surface area contributed by atoms with Crippen LogP contribution in [0.5, 0.6) is 5.75 Å². The molecule has 0 saturated heterocycles. The lowest BCUT2D eigenvalue weighted by molar-refractivity contribution is 0.297. The van der Waals surface area contributed by atoms with Crippen LogP contribution in [0.25, 0.3) is 0 Å². The Balaban J connectivity index is 2.06. The van der Waals surface area contributed by atoms with Crippen molar-refractivity contribution in [3.8, 4) is 5.75 Å². The molecule has 112 valence electrons. The van der Waals surface area contributed by atoms with Crippen LogP contribution in [-0.2, 0) is 13.2 Å². The van der Waals surface area contributed by atoms with Gasteiger partial charge in [0.05, 0.1) is 5.69 Å². The minimum atomic E-state index is 0.435. The molecule has 0 saturated carbocycles. The minimum absolute atomic E-state index is 0.435. The second-order valence-electron chi connectivity index (χ2n) is 5.04. The van der Waals surface area contributed by atoms with E-state index in [4.69, 9.17) is 4.74 Å². The maximum Gasteiger partial charge on any atom is 0.130 e. The first kappa shape index (κ1) is 16.5. The van der Waals surface area contributed by atoms with E-state index >= 15 is 0 Å². The van der Waals surface area contributed by atoms with E-state index in [2.05, 4.69) is 62.1 Å². The Kier molecular flexibility index (Phi) is 6.21. The third-order valence-corrected chi connectivity index (χ3v) is 3.85. The highest BCUT2D eigenvalue weighted by atomic mass is 79.9. The molecule has 21 heavy (non-hydrogen) atoms. The molecule has 1 heterocycles. The quantitative estimate of drug-likeness (QED) is 0.746. The molecule has 0 bridgehead atoms. The SMILES string of the molecule is CC(C)NCc1cc(Br)ccc1OCc1ccc(Br)cn1. The lowest BCUT2D eigenvalue weighted by atomic mass is 10.2. The predicted molar refractivity (Wildman–Crippen MR) is 92.4 cm³/mol. The average Bonchev–Trinajstić information content (AvgIpc) is 2.45. The Bertz CT molecular complexity index is 585. The maximum absolute atomic E-state index is 5.91. The molecule has 1 aromatic heterocycles. The van der Waals surface area contributed by atoms with Gasteiger partial charge in [-0.2, -0.15) is 0 Å². The van der Waals surface area contributed by atoms with Crippen LogP contribution in [0, 0.1) is 0 Å². The number of hydrogen-bond acceptors (Lipinski definition) is 3. The van der Waals surface area contributed by atoms with E-state index in [1.54, 1.807) is 6.20 Å². The molecule has 0 radical (unpaired) electrons. The normalized spacial score (nSPS) is 10.9. The fourth-order valence-corrected chi connectivity index (χ4v) is 2.43. The second-order valence-corrected chi connectivity index (χ2v) is 6.88. The molecule has 0 amide bonds. The van der Waals surface area contributed by atoms with Crippen molar-refractivity contribution in [2.24, 2.45) is 0 Å².